The van der Waals surface area contributed by atoms with E-state index in [0.29, 0.717) is 5.69 Å². The zero-order valence-electron chi connectivity index (χ0n) is 10.2. The van der Waals surface area contributed by atoms with Crippen molar-refractivity contribution in [3.8, 4) is 0 Å². The van der Waals surface area contributed by atoms with E-state index in [1.54, 1.807) is 18.3 Å². The van der Waals surface area contributed by atoms with Crippen molar-refractivity contribution >= 4 is 6.03 Å². The molecule has 2 atom stereocenters. The Bertz CT molecular complexity index is 594. The Morgan fingerprint density at radius 3 is 2.53 bits per heavy atom. The summed E-state index contributed by atoms with van der Waals surface area (Å²) in [6, 6.07) is 12.3. The first-order valence-electron chi connectivity index (χ1n) is 6.07. The summed E-state index contributed by atoms with van der Waals surface area (Å²) >= 11 is 0. The third-order valence-corrected chi connectivity index (χ3v) is 3.33. The number of amides is 1. The monoisotopic (exact) mass is 258 g/mol. The summed E-state index contributed by atoms with van der Waals surface area (Å²) in [5.74, 6) is 0. The Morgan fingerprint density at radius 2 is 1.79 bits per heavy atom. The number of hydrogen-bond donors (Lipinski definition) is 2. The highest BCUT2D eigenvalue weighted by Crippen LogP contribution is 2.27. The quantitative estimate of drug-likeness (QED) is 0.854. The summed E-state index contributed by atoms with van der Waals surface area (Å²) < 4.78 is 1.36. The average molecular weight is 258 g/mol. The molecule has 0 radical (unpaired) electrons. The van der Waals surface area contributed by atoms with E-state index in [0.717, 1.165) is 5.56 Å². The number of nitrogens with zero attached hydrogens (tertiary/aromatic N) is 2. The second kappa shape index (κ2) is 4.53. The van der Waals surface area contributed by atoms with Gasteiger partial charge in [-0.25, -0.2) is 4.79 Å². The lowest BCUT2D eigenvalue weighted by Gasteiger charge is -2.36. The third kappa shape index (κ3) is 1.93. The SMILES string of the molecule is O=C1N(Cc2ccccc2)C(O)C(O)c2cccn21. The first-order chi connectivity index (χ1) is 9.18. The largest absolute Gasteiger partial charge is 0.382 e. The summed E-state index contributed by atoms with van der Waals surface area (Å²) in [4.78, 5) is 13.5. The predicted molar refractivity (Wildman–Crippen MR) is 68.2 cm³/mol. The summed E-state index contributed by atoms with van der Waals surface area (Å²) in [5, 5.41) is 20.1. The van der Waals surface area contributed by atoms with Gasteiger partial charge >= 0.3 is 6.03 Å². The van der Waals surface area contributed by atoms with Gasteiger partial charge in [-0.3, -0.25) is 9.47 Å². The Hall–Kier alpha value is -2.11. The smallest absolute Gasteiger partial charge is 0.330 e. The van der Waals surface area contributed by atoms with Crippen molar-refractivity contribution in [2.45, 2.75) is 18.9 Å². The lowest BCUT2D eigenvalue weighted by atomic mass is 10.1. The molecule has 0 saturated carbocycles. The lowest BCUT2D eigenvalue weighted by Crippen LogP contribution is -2.50. The molecule has 1 aliphatic heterocycles. The van der Waals surface area contributed by atoms with Gasteiger partial charge in [-0.2, -0.15) is 0 Å². The number of carbonyl (C=O) groups is 1. The van der Waals surface area contributed by atoms with Crippen LogP contribution < -0.4 is 0 Å². The van der Waals surface area contributed by atoms with Crippen molar-refractivity contribution in [2.75, 3.05) is 0 Å². The molecule has 0 fully saturated rings. The molecule has 19 heavy (non-hydrogen) atoms. The molecular formula is C14H14N2O3. The maximum absolute atomic E-state index is 12.3. The molecule has 2 N–H and O–H groups in total. The zero-order chi connectivity index (χ0) is 13.4. The molecule has 3 rings (SSSR count). The fourth-order valence-electron chi connectivity index (χ4n) is 2.33. The van der Waals surface area contributed by atoms with Gasteiger partial charge in [0.2, 0.25) is 0 Å². The summed E-state index contributed by atoms with van der Waals surface area (Å²) in [6.07, 6.45) is -0.725. The molecule has 1 amide bonds. The molecule has 0 saturated heterocycles. The number of carbonyl (C=O) groups excluding carboxylic acids is 1. The van der Waals surface area contributed by atoms with Crippen molar-refractivity contribution in [1.29, 1.82) is 0 Å². The van der Waals surface area contributed by atoms with Crippen LogP contribution in [0.1, 0.15) is 17.4 Å². The maximum Gasteiger partial charge on any atom is 0.330 e. The predicted octanol–water partition coefficient (Wildman–Crippen LogP) is 1.32. The van der Waals surface area contributed by atoms with Gasteiger partial charge in [0.15, 0.2) is 6.23 Å². The minimum Gasteiger partial charge on any atom is -0.382 e. The van der Waals surface area contributed by atoms with Gasteiger partial charge in [0.25, 0.3) is 0 Å². The summed E-state index contributed by atoms with van der Waals surface area (Å²) in [6.45, 7) is 0.259. The molecule has 1 aromatic heterocycles. The van der Waals surface area contributed by atoms with Crippen molar-refractivity contribution in [3.63, 3.8) is 0 Å². The summed E-state index contributed by atoms with van der Waals surface area (Å²) in [5.41, 5.74) is 1.32. The van der Waals surface area contributed by atoms with E-state index in [4.69, 9.17) is 0 Å². The van der Waals surface area contributed by atoms with E-state index >= 15 is 0 Å². The molecule has 0 bridgehead atoms. The van der Waals surface area contributed by atoms with Crippen LogP contribution in [0.5, 0.6) is 0 Å². The van der Waals surface area contributed by atoms with Crippen LogP contribution in [0.2, 0.25) is 0 Å². The van der Waals surface area contributed by atoms with Crippen LogP contribution in [0.15, 0.2) is 48.7 Å². The third-order valence-electron chi connectivity index (χ3n) is 3.33. The Balaban J connectivity index is 1.93. The van der Waals surface area contributed by atoms with Crippen LogP contribution in [0.3, 0.4) is 0 Å². The minimum absolute atomic E-state index is 0.259. The van der Waals surface area contributed by atoms with Gasteiger partial charge in [0, 0.05) is 6.20 Å². The molecule has 98 valence electrons. The number of aliphatic hydroxyl groups is 2. The summed E-state index contributed by atoms with van der Waals surface area (Å²) in [7, 11) is 0. The highest BCUT2D eigenvalue weighted by atomic mass is 16.4. The number of hydrogen-bond acceptors (Lipinski definition) is 3. The fourth-order valence-corrected chi connectivity index (χ4v) is 2.33. The highest BCUT2D eigenvalue weighted by Gasteiger charge is 2.37. The van der Waals surface area contributed by atoms with E-state index in [-0.39, 0.29) is 12.6 Å². The van der Waals surface area contributed by atoms with Crippen LogP contribution in [0, 0.1) is 0 Å². The maximum atomic E-state index is 12.3. The van der Waals surface area contributed by atoms with Crippen LogP contribution in [-0.2, 0) is 6.54 Å². The van der Waals surface area contributed by atoms with E-state index in [1.165, 1.54) is 9.47 Å². The molecular weight excluding hydrogens is 244 g/mol. The fraction of sp³-hybridized carbons (Fsp3) is 0.214. The molecule has 2 unspecified atom stereocenters. The Kier molecular flexibility index (Phi) is 2.85. The zero-order valence-corrected chi connectivity index (χ0v) is 10.2. The molecule has 1 aromatic carbocycles. The first-order valence-corrected chi connectivity index (χ1v) is 6.07. The van der Waals surface area contributed by atoms with Crippen molar-refractivity contribution in [3.05, 3.63) is 59.9 Å². The standard InChI is InChI=1S/C14H14N2O3/c17-12-11-7-4-8-15(11)14(19)16(13(12)18)9-10-5-2-1-3-6-10/h1-8,12-13,17-18H,9H2. The minimum atomic E-state index is -1.23. The second-order valence-electron chi connectivity index (χ2n) is 4.56. The van der Waals surface area contributed by atoms with Gasteiger partial charge in [0.05, 0.1) is 12.2 Å². The molecule has 0 aliphatic carbocycles. The molecule has 1 aliphatic rings. The van der Waals surface area contributed by atoms with Crippen molar-refractivity contribution < 1.29 is 15.0 Å². The normalized spacial score (nSPS) is 22.4. The van der Waals surface area contributed by atoms with E-state index in [1.807, 2.05) is 30.3 Å². The van der Waals surface area contributed by atoms with Gasteiger partial charge in [-0.1, -0.05) is 30.3 Å². The van der Waals surface area contributed by atoms with Gasteiger partial charge in [-0.15, -0.1) is 0 Å². The molecule has 5 heteroatoms. The lowest BCUT2D eigenvalue weighted by molar-refractivity contribution is -0.0798. The van der Waals surface area contributed by atoms with Crippen molar-refractivity contribution in [2.24, 2.45) is 0 Å². The first kappa shape index (κ1) is 12.0. The van der Waals surface area contributed by atoms with Crippen LogP contribution in [0.25, 0.3) is 0 Å². The van der Waals surface area contributed by atoms with E-state index in [2.05, 4.69) is 0 Å². The number of rotatable bonds is 2. The van der Waals surface area contributed by atoms with E-state index in [9.17, 15) is 15.0 Å². The number of benzene rings is 1. The van der Waals surface area contributed by atoms with Gasteiger partial charge in [0.1, 0.15) is 6.10 Å². The molecule has 0 spiro atoms. The van der Waals surface area contributed by atoms with Crippen molar-refractivity contribution in [1.82, 2.24) is 9.47 Å². The number of aromatic nitrogens is 1. The van der Waals surface area contributed by atoms with Gasteiger partial charge < -0.3 is 10.2 Å². The molecule has 2 heterocycles. The Labute approximate surface area is 110 Å². The second-order valence-corrected chi connectivity index (χ2v) is 4.56. The number of aliphatic hydroxyl groups excluding tert-OH is 2. The van der Waals surface area contributed by atoms with Crippen LogP contribution in [-0.4, -0.2) is 31.9 Å². The molecule has 5 nitrogen and oxygen atoms in total. The van der Waals surface area contributed by atoms with Gasteiger partial charge in [-0.05, 0) is 17.7 Å². The van der Waals surface area contributed by atoms with Crippen LogP contribution >= 0.6 is 0 Å². The average Bonchev–Trinajstić information content (AvgIpc) is 2.92. The highest BCUT2D eigenvalue weighted by molar-refractivity contribution is 5.79. The molecule has 2 aromatic rings. The van der Waals surface area contributed by atoms with Crippen LogP contribution in [0.4, 0.5) is 4.79 Å². The van der Waals surface area contributed by atoms with E-state index < -0.39 is 12.3 Å². The topological polar surface area (TPSA) is 65.7 Å². The Morgan fingerprint density at radius 1 is 1.05 bits per heavy atom. The number of fused-ring (bicyclic) bond motifs is 1.